The first kappa shape index (κ1) is 8.71. The number of halogens is 1. The van der Waals surface area contributed by atoms with E-state index in [2.05, 4.69) is 4.74 Å². The zero-order chi connectivity index (χ0) is 9.14. The lowest BCUT2D eigenvalue weighted by Crippen LogP contribution is -2.05. The van der Waals surface area contributed by atoms with Crippen molar-refractivity contribution in [1.29, 1.82) is 0 Å². The number of aryl methyl sites for hydroxylation is 1. The largest absolute Gasteiger partial charge is 0.465 e. The fraction of sp³-hybridized carbons (Fsp3) is 0.222. The molecule has 3 heteroatoms. The van der Waals surface area contributed by atoms with Gasteiger partial charge in [-0.2, -0.15) is 0 Å². The van der Waals surface area contributed by atoms with E-state index in [9.17, 15) is 9.18 Å². The second-order valence-electron chi connectivity index (χ2n) is 2.43. The fourth-order valence-corrected chi connectivity index (χ4v) is 0.915. The quantitative estimate of drug-likeness (QED) is 0.599. The molecule has 0 saturated carbocycles. The molecule has 0 aliphatic carbocycles. The number of rotatable bonds is 1. The van der Waals surface area contributed by atoms with E-state index in [-0.39, 0.29) is 5.56 Å². The van der Waals surface area contributed by atoms with Crippen molar-refractivity contribution in [2.24, 2.45) is 0 Å². The summed E-state index contributed by atoms with van der Waals surface area (Å²) in [5.74, 6) is -1.15. The Morgan fingerprint density at radius 3 is 2.75 bits per heavy atom. The summed E-state index contributed by atoms with van der Waals surface area (Å²) in [6.45, 7) is 1.60. The smallest absolute Gasteiger partial charge is 0.340 e. The van der Waals surface area contributed by atoms with Gasteiger partial charge in [-0.05, 0) is 18.6 Å². The molecule has 2 nitrogen and oxygen atoms in total. The molecule has 0 saturated heterocycles. The van der Waals surface area contributed by atoms with Crippen LogP contribution in [0.5, 0.6) is 0 Å². The van der Waals surface area contributed by atoms with E-state index in [4.69, 9.17) is 0 Å². The molecule has 0 N–H and O–H groups in total. The molecular weight excluding hydrogens is 159 g/mol. The van der Waals surface area contributed by atoms with Crippen molar-refractivity contribution in [2.45, 2.75) is 6.92 Å². The van der Waals surface area contributed by atoms with Crippen molar-refractivity contribution in [2.75, 3.05) is 7.11 Å². The monoisotopic (exact) mass is 168 g/mol. The van der Waals surface area contributed by atoms with E-state index >= 15 is 0 Å². The molecule has 0 aliphatic heterocycles. The zero-order valence-electron chi connectivity index (χ0n) is 6.93. The standard InChI is InChI=1S/C9H9FO2/c1-6-4-3-5-7(8(6)10)9(11)12-2/h3-5H,1-2H3. The fourth-order valence-electron chi connectivity index (χ4n) is 0.915. The topological polar surface area (TPSA) is 26.3 Å². The van der Waals surface area contributed by atoms with Crippen molar-refractivity contribution in [1.82, 2.24) is 0 Å². The van der Waals surface area contributed by atoms with Gasteiger partial charge in [-0.3, -0.25) is 0 Å². The second-order valence-corrected chi connectivity index (χ2v) is 2.43. The minimum Gasteiger partial charge on any atom is -0.465 e. The van der Waals surface area contributed by atoms with E-state index in [0.717, 1.165) is 0 Å². The SMILES string of the molecule is COC(=O)c1cccc(C)c1F. The summed E-state index contributed by atoms with van der Waals surface area (Å²) >= 11 is 0. The van der Waals surface area contributed by atoms with Crippen LogP contribution in [0, 0.1) is 12.7 Å². The summed E-state index contributed by atoms with van der Waals surface area (Å²) in [4.78, 5) is 10.9. The number of ether oxygens (including phenoxy) is 1. The molecule has 64 valence electrons. The van der Waals surface area contributed by atoms with Crippen molar-refractivity contribution in [3.05, 3.63) is 35.1 Å². The molecular formula is C9H9FO2. The summed E-state index contributed by atoms with van der Waals surface area (Å²) in [5, 5.41) is 0. The highest BCUT2D eigenvalue weighted by atomic mass is 19.1. The summed E-state index contributed by atoms with van der Waals surface area (Å²) < 4.78 is 17.5. The van der Waals surface area contributed by atoms with Crippen LogP contribution >= 0.6 is 0 Å². The van der Waals surface area contributed by atoms with Crippen molar-refractivity contribution in [3.63, 3.8) is 0 Å². The first-order valence-electron chi connectivity index (χ1n) is 3.50. The lowest BCUT2D eigenvalue weighted by Gasteiger charge is -2.01. The minimum atomic E-state index is -0.642. The number of hydrogen-bond donors (Lipinski definition) is 0. The molecule has 0 unspecified atom stereocenters. The van der Waals surface area contributed by atoms with Crippen LogP contribution in [0.2, 0.25) is 0 Å². The van der Waals surface area contributed by atoms with E-state index in [1.54, 1.807) is 19.1 Å². The highest BCUT2D eigenvalue weighted by molar-refractivity contribution is 5.89. The summed E-state index contributed by atoms with van der Waals surface area (Å²) in [6.07, 6.45) is 0. The molecule has 1 rings (SSSR count). The first-order chi connectivity index (χ1) is 5.66. The van der Waals surface area contributed by atoms with Crippen LogP contribution in [0.25, 0.3) is 0 Å². The van der Waals surface area contributed by atoms with E-state index in [1.807, 2.05) is 0 Å². The lowest BCUT2D eigenvalue weighted by molar-refractivity contribution is 0.0595. The molecule has 0 heterocycles. The third-order valence-electron chi connectivity index (χ3n) is 1.60. The summed E-state index contributed by atoms with van der Waals surface area (Å²) in [5.41, 5.74) is 0.426. The maximum atomic E-state index is 13.1. The number of carbonyl (C=O) groups is 1. The highest BCUT2D eigenvalue weighted by Crippen LogP contribution is 2.12. The Kier molecular flexibility index (Phi) is 2.43. The predicted octanol–water partition coefficient (Wildman–Crippen LogP) is 1.92. The van der Waals surface area contributed by atoms with Gasteiger partial charge in [0.1, 0.15) is 5.82 Å². The highest BCUT2D eigenvalue weighted by Gasteiger charge is 2.12. The van der Waals surface area contributed by atoms with Crippen molar-refractivity contribution < 1.29 is 13.9 Å². The number of hydrogen-bond acceptors (Lipinski definition) is 2. The molecule has 0 amide bonds. The van der Waals surface area contributed by atoms with Gasteiger partial charge >= 0.3 is 5.97 Å². The van der Waals surface area contributed by atoms with Crippen LogP contribution in [0.4, 0.5) is 4.39 Å². The van der Waals surface area contributed by atoms with Gasteiger partial charge in [-0.25, -0.2) is 9.18 Å². The van der Waals surface area contributed by atoms with Gasteiger partial charge in [0.05, 0.1) is 12.7 Å². The molecule has 1 aromatic rings. The Morgan fingerprint density at radius 2 is 2.17 bits per heavy atom. The number of benzene rings is 1. The molecule has 0 spiro atoms. The van der Waals surface area contributed by atoms with Gasteiger partial charge in [0.15, 0.2) is 0 Å². The molecule has 0 atom stereocenters. The van der Waals surface area contributed by atoms with Crippen LogP contribution in [-0.4, -0.2) is 13.1 Å². The van der Waals surface area contributed by atoms with Crippen LogP contribution < -0.4 is 0 Å². The van der Waals surface area contributed by atoms with Gasteiger partial charge in [-0.1, -0.05) is 12.1 Å². The number of esters is 1. The average molecular weight is 168 g/mol. The summed E-state index contributed by atoms with van der Waals surface area (Å²) in [7, 11) is 1.23. The van der Waals surface area contributed by atoms with Crippen LogP contribution in [0.1, 0.15) is 15.9 Å². The van der Waals surface area contributed by atoms with Gasteiger partial charge in [-0.15, -0.1) is 0 Å². The Hall–Kier alpha value is -1.38. The van der Waals surface area contributed by atoms with E-state index in [0.29, 0.717) is 5.56 Å². The van der Waals surface area contributed by atoms with E-state index < -0.39 is 11.8 Å². The normalized spacial score (nSPS) is 9.58. The number of methoxy groups -OCH3 is 1. The Morgan fingerprint density at radius 1 is 1.50 bits per heavy atom. The van der Waals surface area contributed by atoms with Crippen LogP contribution in [0.15, 0.2) is 18.2 Å². The van der Waals surface area contributed by atoms with Crippen molar-refractivity contribution >= 4 is 5.97 Å². The van der Waals surface area contributed by atoms with Crippen molar-refractivity contribution in [3.8, 4) is 0 Å². The lowest BCUT2D eigenvalue weighted by atomic mass is 10.1. The Bertz CT molecular complexity index is 307. The molecule has 0 aliphatic rings. The van der Waals surface area contributed by atoms with Gasteiger partial charge in [0, 0.05) is 0 Å². The molecule has 0 bridgehead atoms. The molecule has 0 aromatic heterocycles. The predicted molar refractivity (Wildman–Crippen MR) is 42.5 cm³/mol. The molecule has 0 radical (unpaired) electrons. The van der Waals surface area contributed by atoms with Gasteiger partial charge in [0.2, 0.25) is 0 Å². The first-order valence-corrected chi connectivity index (χ1v) is 3.50. The molecule has 12 heavy (non-hydrogen) atoms. The maximum Gasteiger partial charge on any atom is 0.340 e. The third-order valence-corrected chi connectivity index (χ3v) is 1.60. The maximum absolute atomic E-state index is 13.1. The summed E-state index contributed by atoms with van der Waals surface area (Å²) in [6, 6.07) is 4.61. The second kappa shape index (κ2) is 3.34. The Balaban J connectivity index is 3.16. The molecule has 1 aromatic carbocycles. The van der Waals surface area contributed by atoms with Crippen LogP contribution in [0.3, 0.4) is 0 Å². The molecule has 0 fully saturated rings. The zero-order valence-corrected chi connectivity index (χ0v) is 6.93. The van der Waals surface area contributed by atoms with Gasteiger partial charge < -0.3 is 4.74 Å². The number of carbonyl (C=O) groups excluding carboxylic acids is 1. The average Bonchev–Trinajstić information content (AvgIpc) is 2.08. The Labute approximate surface area is 70.0 Å². The van der Waals surface area contributed by atoms with Gasteiger partial charge in [0.25, 0.3) is 0 Å². The van der Waals surface area contributed by atoms with Crippen LogP contribution in [-0.2, 0) is 4.74 Å². The van der Waals surface area contributed by atoms with E-state index in [1.165, 1.54) is 13.2 Å². The minimum absolute atomic E-state index is 0.0162. The third kappa shape index (κ3) is 1.44.